The van der Waals surface area contributed by atoms with E-state index in [1.165, 1.54) is 12.1 Å². The van der Waals surface area contributed by atoms with Gasteiger partial charge in [-0.2, -0.15) is 0 Å². The van der Waals surface area contributed by atoms with E-state index in [9.17, 15) is 4.39 Å². The Labute approximate surface area is 123 Å². The Balaban J connectivity index is 2.17. The van der Waals surface area contributed by atoms with Crippen LogP contribution in [0.15, 0.2) is 48.5 Å². The second-order valence-corrected chi connectivity index (χ2v) is 5.11. The Bertz CT molecular complexity index is 562. The van der Waals surface area contributed by atoms with E-state index in [0.717, 1.165) is 5.56 Å². The van der Waals surface area contributed by atoms with Crippen molar-refractivity contribution in [1.29, 1.82) is 0 Å². The molecule has 2 rings (SSSR count). The summed E-state index contributed by atoms with van der Waals surface area (Å²) in [4.78, 5) is 0. The average Bonchev–Trinajstić information content (AvgIpc) is 2.45. The number of benzene rings is 2. The summed E-state index contributed by atoms with van der Waals surface area (Å²) >= 11 is 5.89. The number of ether oxygens (including phenoxy) is 1. The minimum atomic E-state index is -0.352. The summed E-state index contributed by atoms with van der Waals surface area (Å²) in [5, 5.41) is 0.502. The Morgan fingerprint density at radius 2 is 1.90 bits per heavy atom. The zero-order valence-electron chi connectivity index (χ0n) is 11.2. The fourth-order valence-electron chi connectivity index (χ4n) is 2.26. The average molecular weight is 294 g/mol. The smallest absolute Gasteiger partial charge is 0.126 e. The second-order valence-electron chi connectivity index (χ2n) is 4.67. The van der Waals surface area contributed by atoms with Gasteiger partial charge in [0.2, 0.25) is 0 Å². The number of rotatable bonds is 5. The van der Waals surface area contributed by atoms with Crippen molar-refractivity contribution in [3.05, 3.63) is 70.5 Å². The van der Waals surface area contributed by atoms with Crippen LogP contribution in [0, 0.1) is 5.82 Å². The monoisotopic (exact) mass is 293 g/mol. The predicted molar refractivity (Wildman–Crippen MR) is 79.3 cm³/mol. The first-order chi connectivity index (χ1) is 9.61. The van der Waals surface area contributed by atoms with Gasteiger partial charge in [-0.15, -0.1) is 0 Å². The molecule has 0 aliphatic heterocycles. The second kappa shape index (κ2) is 6.84. The molecular formula is C16H17ClFNO. The highest BCUT2D eigenvalue weighted by Crippen LogP contribution is 2.23. The molecule has 4 heteroatoms. The molecule has 0 spiro atoms. The molecule has 20 heavy (non-hydrogen) atoms. The van der Waals surface area contributed by atoms with Gasteiger partial charge in [-0.1, -0.05) is 41.9 Å². The molecule has 0 aromatic heterocycles. The molecule has 0 fully saturated rings. The molecule has 0 aliphatic rings. The highest BCUT2D eigenvalue weighted by molar-refractivity contribution is 6.30. The van der Waals surface area contributed by atoms with Gasteiger partial charge in [0.25, 0.3) is 0 Å². The first kappa shape index (κ1) is 15.0. The van der Waals surface area contributed by atoms with Crippen LogP contribution in [0.2, 0.25) is 5.02 Å². The summed E-state index contributed by atoms with van der Waals surface area (Å²) in [6.45, 7) is 0. The molecule has 2 aromatic rings. The largest absolute Gasteiger partial charge is 0.375 e. The van der Waals surface area contributed by atoms with Crippen molar-refractivity contribution in [2.24, 2.45) is 5.73 Å². The summed E-state index contributed by atoms with van der Waals surface area (Å²) in [6.07, 6.45) is 0.0781. The van der Waals surface area contributed by atoms with E-state index in [-0.39, 0.29) is 18.0 Å². The molecule has 0 heterocycles. The summed E-state index contributed by atoms with van der Waals surface area (Å²) in [6, 6.07) is 13.8. The van der Waals surface area contributed by atoms with Crippen LogP contribution in [-0.4, -0.2) is 13.2 Å². The topological polar surface area (TPSA) is 35.2 Å². The highest BCUT2D eigenvalue weighted by atomic mass is 35.5. The van der Waals surface area contributed by atoms with Gasteiger partial charge in [0.05, 0.1) is 6.10 Å². The molecule has 0 radical (unpaired) electrons. The molecule has 2 unspecified atom stereocenters. The molecule has 2 aromatic carbocycles. The Kier molecular flexibility index (Phi) is 5.12. The van der Waals surface area contributed by atoms with Crippen molar-refractivity contribution in [3.8, 4) is 0 Å². The minimum Gasteiger partial charge on any atom is -0.375 e. The SMILES string of the molecule is COC(c1ccccc1)C(N)Cc1cc(Cl)ccc1F. The van der Waals surface area contributed by atoms with Crippen LogP contribution >= 0.6 is 11.6 Å². The predicted octanol–water partition coefficient (Wildman–Crippen LogP) is 3.74. The van der Waals surface area contributed by atoms with Gasteiger partial charge in [-0.25, -0.2) is 4.39 Å². The fourth-order valence-corrected chi connectivity index (χ4v) is 2.46. The Morgan fingerprint density at radius 1 is 1.20 bits per heavy atom. The maximum Gasteiger partial charge on any atom is 0.126 e. The van der Waals surface area contributed by atoms with E-state index < -0.39 is 0 Å². The summed E-state index contributed by atoms with van der Waals surface area (Å²) in [7, 11) is 1.60. The van der Waals surface area contributed by atoms with Crippen LogP contribution < -0.4 is 5.73 Å². The van der Waals surface area contributed by atoms with Crippen molar-refractivity contribution in [2.45, 2.75) is 18.6 Å². The van der Waals surface area contributed by atoms with E-state index in [1.807, 2.05) is 30.3 Å². The van der Waals surface area contributed by atoms with Crippen molar-refractivity contribution < 1.29 is 9.13 Å². The number of nitrogens with two attached hydrogens (primary N) is 1. The van der Waals surface area contributed by atoms with Crippen molar-refractivity contribution in [1.82, 2.24) is 0 Å². The third-order valence-corrected chi connectivity index (χ3v) is 3.47. The minimum absolute atomic E-state index is 0.283. The Morgan fingerprint density at radius 3 is 2.55 bits per heavy atom. The number of hydrogen-bond acceptors (Lipinski definition) is 2. The third-order valence-electron chi connectivity index (χ3n) is 3.23. The highest BCUT2D eigenvalue weighted by Gasteiger charge is 2.20. The zero-order valence-corrected chi connectivity index (χ0v) is 12.0. The van der Waals surface area contributed by atoms with E-state index in [4.69, 9.17) is 22.1 Å². The van der Waals surface area contributed by atoms with E-state index >= 15 is 0 Å². The summed E-state index contributed by atoms with van der Waals surface area (Å²) in [5.74, 6) is -0.298. The molecule has 0 aliphatic carbocycles. The van der Waals surface area contributed by atoms with Crippen LogP contribution in [0.25, 0.3) is 0 Å². The lowest BCUT2D eigenvalue weighted by molar-refractivity contribution is 0.0800. The van der Waals surface area contributed by atoms with Crippen LogP contribution in [-0.2, 0) is 11.2 Å². The molecule has 0 saturated heterocycles. The van der Waals surface area contributed by atoms with E-state index in [2.05, 4.69) is 0 Å². The summed E-state index contributed by atoms with van der Waals surface area (Å²) < 4.78 is 19.2. The maximum atomic E-state index is 13.7. The zero-order chi connectivity index (χ0) is 14.5. The van der Waals surface area contributed by atoms with Crippen LogP contribution in [0.4, 0.5) is 4.39 Å². The van der Waals surface area contributed by atoms with E-state index in [1.54, 1.807) is 13.2 Å². The maximum absolute atomic E-state index is 13.7. The van der Waals surface area contributed by atoms with Crippen LogP contribution in [0.1, 0.15) is 17.2 Å². The van der Waals surface area contributed by atoms with Crippen molar-refractivity contribution in [3.63, 3.8) is 0 Å². The summed E-state index contributed by atoms with van der Waals surface area (Å²) in [5.41, 5.74) is 7.66. The molecular weight excluding hydrogens is 277 g/mol. The normalized spacial score (nSPS) is 14.0. The van der Waals surface area contributed by atoms with Gasteiger partial charge in [0.1, 0.15) is 5.82 Å². The van der Waals surface area contributed by atoms with Gasteiger partial charge in [0, 0.05) is 18.2 Å². The standard InChI is InChI=1S/C16H17ClFNO/c1-20-16(11-5-3-2-4-6-11)15(19)10-12-9-13(17)7-8-14(12)18/h2-9,15-16H,10,19H2,1H3. The van der Waals surface area contributed by atoms with Crippen LogP contribution in [0.3, 0.4) is 0 Å². The number of methoxy groups -OCH3 is 1. The van der Waals surface area contributed by atoms with Gasteiger partial charge in [0.15, 0.2) is 0 Å². The van der Waals surface area contributed by atoms with Gasteiger partial charge < -0.3 is 10.5 Å². The van der Waals surface area contributed by atoms with Crippen LogP contribution in [0.5, 0.6) is 0 Å². The molecule has 106 valence electrons. The third kappa shape index (κ3) is 3.57. The first-order valence-corrected chi connectivity index (χ1v) is 6.77. The molecule has 0 bridgehead atoms. The lowest BCUT2D eigenvalue weighted by Gasteiger charge is -2.23. The van der Waals surface area contributed by atoms with Gasteiger partial charge in [-0.3, -0.25) is 0 Å². The van der Waals surface area contributed by atoms with Gasteiger partial charge in [-0.05, 0) is 35.7 Å². The lowest BCUT2D eigenvalue weighted by atomic mass is 9.96. The van der Waals surface area contributed by atoms with Crippen molar-refractivity contribution >= 4 is 11.6 Å². The van der Waals surface area contributed by atoms with Crippen molar-refractivity contribution in [2.75, 3.05) is 7.11 Å². The molecule has 2 N–H and O–H groups in total. The molecule has 2 atom stereocenters. The molecule has 0 saturated carbocycles. The number of hydrogen-bond donors (Lipinski definition) is 1. The lowest BCUT2D eigenvalue weighted by Crippen LogP contribution is -2.32. The molecule has 0 amide bonds. The molecule has 2 nitrogen and oxygen atoms in total. The Hall–Kier alpha value is -1.42. The first-order valence-electron chi connectivity index (χ1n) is 6.39. The fraction of sp³-hybridized carbons (Fsp3) is 0.250. The number of halogens is 2. The van der Waals surface area contributed by atoms with E-state index in [0.29, 0.717) is 17.0 Å². The van der Waals surface area contributed by atoms with Gasteiger partial charge >= 0.3 is 0 Å². The quantitative estimate of drug-likeness (QED) is 0.911.